The Morgan fingerprint density at radius 3 is 2.71 bits per heavy atom. The van der Waals surface area contributed by atoms with Crippen molar-refractivity contribution >= 4 is 5.91 Å². The highest BCUT2D eigenvalue weighted by Crippen LogP contribution is 2.28. The number of nitrogens with one attached hydrogen (secondary N) is 2. The van der Waals surface area contributed by atoms with Crippen LogP contribution in [0.25, 0.3) is 0 Å². The van der Waals surface area contributed by atoms with Crippen LogP contribution >= 0.6 is 0 Å². The van der Waals surface area contributed by atoms with E-state index in [1.807, 2.05) is 0 Å². The summed E-state index contributed by atoms with van der Waals surface area (Å²) in [4.78, 5) is 11.3. The Morgan fingerprint density at radius 1 is 1.41 bits per heavy atom. The van der Waals surface area contributed by atoms with Gasteiger partial charge in [-0.25, -0.2) is 0 Å². The molecular formula is C13H23N3O. The van der Waals surface area contributed by atoms with E-state index in [1.165, 1.54) is 0 Å². The summed E-state index contributed by atoms with van der Waals surface area (Å²) in [6, 6.07) is 2.17. The van der Waals surface area contributed by atoms with Gasteiger partial charge in [0.1, 0.15) is 0 Å². The standard InChI is InChI=1S/C13H23N3O/c1-13(2,6-3-7-14)10-15-8-9-16-12(17)11-4-5-11/h11,15H,3-6,8-10H2,1-2H3,(H,16,17). The van der Waals surface area contributed by atoms with Crippen molar-refractivity contribution in [1.29, 1.82) is 5.26 Å². The van der Waals surface area contributed by atoms with E-state index in [2.05, 4.69) is 30.6 Å². The van der Waals surface area contributed by atoms with E-state index < -0.39 is 0 Å². The highest BCUT2D eigenvalue weighted by Gasteiger charge is 2.28. The molecule has 1 aliphatic carbocycles. The molecule has 0 bridgehead atoms. The van der Waals surface area contributed by atoms with Crippen molar-refractivity contribution in [2.75, 3.05) is 19.6 Å². The predicted molar refractivity (Wildman–Crippen MR) is 67.2 cm³/mol. The molecule has 4 heteroatoms. The molecule has 1 saturated carbocycles. The SMILES string of the molecule is CC(C)(CCC#N)CNCCNC(=O)C1CC1. The Kier molecular flexibility index (Phi) is 5.43. The number of nitriles is 1. The van der Waals surface area contributed by atoms with Gasteiger partial charge in [0.2, 0.25) is 5.91 Å². The summed E-state index contributed by atoms with van der Waals surface area (Å²) in [7, 11) is 0. The fraction of sp³-hybridized carbons (Fsp3) is 0.846. The van der Waals surface area contributed by atoms with Crippen molar-refractivity contribution in [3.8, 4) is 6.07 Å². The zero-order valence-electron chi connectivity index (χ0n) is 10.9. The first-order valence-electron chi connectivity index (χ1n) is 6.40. The summed E-state index contributed by atoms with van der Waals surface area (Å²) in [6.07, 6.45) is 3.62. The van der Waals surface area contributed by atoms with Crippen LogP contribution in [0.4, 0.5) is 0 Å². The molecule has 1 amide bonds. The molecule has 0 aliphatic heterocycles. The number of carbonyl (C=O) groups excluding carboxylic acids is 1. The Morgan fingerprint density at radius 2 is 2.12 bits per heavy atom. The molecule has 0 spiro atoms. The first kappa shape index (κ1) is 14.0. The average Bonchev–Trinajstić information content (AvgIpc) is 3.09. The Hall–Kier alpha value is -1.08. The lowest BCUT2D eigenvalue weighted by Gasteiger charge is -2.23. The van der Waals surface area contributed by atoms with Gasteiger partial charge in [0.15, 0.2) is 0 Å². The zero-order valence-corrected chi connectivity index (χ0v) is 10.9. The minimum absolute atomic E-state index is 0.149. The number of rotatable bonds is 8. The fourth-order valence-corrected chi connectivity index (χ4v) is 1.67. The van der Waals surface area contributed by atoms with Crippen molar-refractivity contribution in [2.45, 2.75) is 39.5 Å². The molecule has 1 rings (SSSR count). The summed E-state index contributed by atoms with van der Waals surface area (Å²) < 4.78 is 0. The maximum atomic E-state index is 11.3. The van der Waals surface area contributed by atoms with Crippen LogP contribution in [0.1, 0.15) is 39.5 Å². The van der Waals surface area contributed by atoms with Crippen LogP contribution in [-0.2, 0) is 4.79 Å². The van der Waals surface area contributed by atoms with Crippen LogP contribution in [0.3, 0.4) is 0 Å². The Labute approximate surface area is 104 Å². The number of amides is 1. The van der Waals surface area contributed by atoms with Crippen molar-refractivity contribution in [3.05, 3.63) is 0 Å². The van der Waals surface area contributed by atoms with Crippen LogP contribution in [0.5, 0.6) is 0 Å². The van der Waals surface area contributed by atoms with Gasteiger partial charge in [-0.3, -0.25) is 4.79 Å². The predicted octanol–water partition coefficient (Wildman–Crippen LogP) is 1.43. The van der Waals surface area contributed by atoms with Crippen molar-refractivity contribution in [3.63, 3.8) is 0 Å². The van der Waals surface area contributed by atoms with E-state index in [1.54, 1.807) is 0 Å². The third-order valence-electron chi connectivity index (χ3n) is 3.07. The molecule has 0 aromatic carbocycles. The molecule has 1 fully saturated rings. The molecule has 17 heavy (non-hydrogen) atoms. The van der Waals surface area contributed by atoms with Crippen molar-refractivity contribution in [2.24, 2.45) is 11.3 Å². The minimum Gasteiger partial charge on any atom is -0.355 e. The molecule has 0 atom stereocenters. The summed E-state index contributed by atoms with van der Waals surface area (Å²) in [5, 5.41) is 14.8. The summed E-state index contributed by atoms with van der Waals surface area (Å²) >= 11 is 0. The van der Waals surface area contributed by atoms with Gasteiger partial charge in [0, 0.05) is 32.0 Å². The van der Waals surface area contributed by atoms with E-state index in [0.29, 0.717) is 18.9 Å². The van der Waals surface area contributed by atoms with Gasteiger partial charge in [-0.15, -0.1) is 0 Å². The molecule has 96 valence electrons. The first-order chi connectivity index (χ1) is 8.05. The monoisotopic (exact) mass is 237 g/mol. The van der Waals surface area contributed by atoms with Crippen LogP contribution < -0.4 is 10.6 Å². The number of nitrogens with zero attached hydrogens (tertiary/aromatic N) is 1. The molecule has 0 radical (unpaired) electrons. The lowest BCUT2D eigenvalue weighted by Crippen LogP contribution is -2.36. The minimum atomic E-state index is 0.149. The summed E-state index contributed by atoms with van der Waals surface area (Å²) in [5.74, 6) is 0.498. The zero-order chi connectivity index (χ0) is 12.7. The highest BCUT2D eigenvalue weighted by atomic mass is 16.2. The van der Waals surface area contributed by atoms with Crippen LogP contribution in [0, 0.1) is 22.7 Å². The molecular weight excluding hydrogens is 214 g/mol. The van der Waals surface area contributed by atoms with Gasteiger partial charge < -0.3 is 10.6 Å². The lowest BCUT2D eigenvalue weighted by molar-refractivity contribution is -0.122. The second-order valence-electron chi connectivity index (χ2n) is 5.56. The molecule has 1 aliphatic rings. The lowest BCUT2D eigenvalue weighted by atomic mass is 9.88. The number of hydrogen-bond donors (Lipinski definition) is 2. The maximum Gasteiger partial charge on any atom is 0.223 e. The second-order valence-corrected chi connectivity index (χ2v) is 5.56. The van der Waals surface area contributed by atoms with E-state index in [4.69, 9.17) is 5.26 Å². The topological polar surface area (TPSA) is 64.9 Å². The third-order valence-corrected chi connectivity index (χ3v) is 3.07. The average molecular weight is 237 g/mol. The molecule has 2 N–H and O–H groups in total. The van der Waals surface area contributed by atoms with Gasteiger partial charge in [-0.1, -0.05) is 13.8 Å². The number of carbonyl (C=O) groups is 1. The quantitative estimate of drug-likeness (QED) is 0.628. The Balaban J connectivity index is 1.99. The van der Waals surface area contributed by atoms with Gasteiger partial charge >= 0.3 is 0 Å². The largest absolute Gasteiger partial charge is 0.355 e. The van der Waals surface area contributed by atoms with Crippen molar-refractivity contribution < 1.29 is 4.79 Å². The van der Waals surface area contributed by atoms with Crippen molar-refractivity contribution in [1.82, 2.24) is 10.6 Å². The van der Waals surface area contributed by atoms with Gasteiger partial charge in [-0.05, 0) is 24.7 Å². The Bertz CT molecular complexity index is 290. The fourth-order valence-electron chi connectivity index (χ4n) is 1.67. The molecule has 0 heterocycles. The second kappa shape index (κ2) is 6.61. The first-order valence-corrected chi connectivity index (χ1v) is 6.40. The molecule has 0 unspecified atom stereocenters. The third kappa shape index (κ3) is 6.28. The maximum absolute atomic E-state index is 11.3. The van der Waals surface area contributed by atoms with E-state index in [9.17, 15) is 4.79 Å². The highest BCUT2D eigenvalue weighted by molar-refractivity contribution is 5.80. The van der Waals surface area contributed by atoms with E-state index in [-0.39, 0.29) is 11.3 Å². The van der Waals surface area contributed by atoms with E-state index >= 15 is 0 Å². The van der Waals surface area contributed by atoms with Crippen LogP contribution in [0.15, 0.2) is 0 Å². The normalized spacial score (nSPS) is 15.4. The van der Waals surface area contributed by atoms with Gasteiger partial charge in [0.05, 0.1) is 6.07 Å². The van der Waals surface area contributed by atoms with Gasteiger partial charge in [-0.2, -0.15) is 5.26 Å². The molecule has 4 nitrogen and oxygen atoms in total. The molecule has 0 aromatic heterocycles. The smallest absolute Gasteiger partial charge is 0.223 e. The van der Waals surface area contributed by atoms with Crippen LogP contribution in [0.2, 0.25) is 0 Å². The van der Waals surface area contributed by atoms with Gasteiger partial charge in [0.25, 0.3) is 0 Å². The van der Waals surface area contributed by atoms with E-state index in [0.717, 1.165) is 32.4 Å². The number of hydrogen-bond acceptors (Lipinski definition) is 3. The molecule has 0 aromatic rings. The summed E-state index contributed by atoms with van der Waals surface area (Å²) in [5.41, 5.74) is 0.149. The molecule has 0 saturated heterocycles. The summed E-state index contributed by atoms with van der Waals surface area (Å²) in [6.45, 7) is 6.69. The van der Waals surface area contributed by atoms with Crippen LogP contribution in [-0.4, -0.2) is 25.5 Å².